The molecule has 5 nitrogen and oxygen atoms in total. The minimum Gasteiger partial charge on any atom is -0.326 e. The maximum Gasteiger partial charge on any atom is 0.221 e. The number of anilines is 1. The van der Waals surface area contributed by atoms with Gasteiger partial charge in [0.25, 0.3) is 0 Å². The van der Waals surface area contributed by atoms with Crippen molar-refractivity contribution in [3.63, 3.8) is 0 Å². The van der Waals surface area contributed by atoms with Crippen LogP contribution in [0.2, 0.25) is 0 Å². The van der Waals surface area contributed by atoms with E-state index >= 15 is 0 Å². The first kappa shape index (κ1) is 13.5. The number of amides is 1. The molecule has 1 N–H and O–H groups in total. The maximum absolute atomic E-state index is 11.0. The van der Waals surface area contributed by atoms with Crippen LogP contribution in [0.25, 0.3) is 11.4 Å². The molecule has 2 aromatic heterocycles. The third-order valence-corrected chi connectivity index (χ3v) is 3.73. The van der Waals surface area contributed by atoms with Crippen molar-refractivity contribution in [1.82, 2.24) is 14.5 Å². The zero-order valence-corrected chi connectivity index (χ0v) is 12.3. The predicted octanol–water partition coefficient (Wildman–Crippen LogP) is 3.01. The molecule has 106 valence electrons. The lowest BCUT2D eigenvalue weighted by molar-refractivity contribution is -0.114. The first-order chi connectivity index (χ1) is 10.2. The van der Waals surface area contributed by atoms with Crippen LogP contribution >= 0.6 is 11.3 Å². The number of nitrogens with zero attached hydrogens (tertiary/aromatic N) is 3. The van der Waals surface area contributed by atoms with Crippen LogP contribution in [-0.2, 0) is 11.3 Å². The first-order valence-electron chi connectivity index (χ1n) is 6.50. The van der Waals surface area contributed by atoms with E-state index in [4.69, 9.17) is 0 Å². The number of rotatable bonds is 4. The fourth-order valence-electron chi connectivity index (χ4n) is 2.08. The summed E-state index contributed by atoms with van der Waals surface area (Å²) < 4.78 is 2.06. The summed E-state index contributed by atoms with van der Waals surface area (Å²) in [6, 6.07) is 7.65. The Hall–Kier alpha value is -2.47. The van der Waals surface area contributed by atoms with Gasteiger partial charge >= 0.3 is 0 Å². The Morgan fingerprint density at radius 1 is 1.24 bits per heavy atom. The van der Waals surface area contributed by atoms with Crippen molar-refractivity contribution in [3.8, 4) is 11.4 Å². The number of carbonyl (C=O) groups is 1. The van der Waals surface area contributed by atoms with Gasteiger partial charge in [0, 0.05) is 42.1 Å². The smallest absolute Gasteiger partial charge is 0.221 e. The molecular formula is C15H14N4OS. The molecule has 0 saturated heterocycles. The molecule has 21 heavy (non-hydrogen) atoms. The first-order valence-corrected chi connectivity index (χ1v) is 7.38. The Morgan fingerprint density at radius 3 is 2.71 bits per heavy atom. The molecular weight excluding hydrogens is 284 g/mol. The highest BCUT2D eigenvalue weighted by Crippen LogP contribution is 2.21. The van der Waals surface area contributed by atoms with Crippen LogP contribution in [0.5, 0.6) is 0 Å². The summed E-state index contributed by atoms with van der Waals surface area (Å²) in [6.07, 6.45) is 5.53. The van der Waals surface area contributed by atoms with Crippen LogP contribution in [0.3, 0.4) is 0 Å². The average Bonchev–Trinajstić information content (AvgIpc) is 3.11. The minimum atomic E-state index is -0.0759. The van der Waals surface area contributed by atoms with Gasteiger partial charge < -0.3 is 9.88 Å². The van der Waals surface area contributed by atoms with E-state index in [-0.39, 0.29) is 5.91 Å². The van der Waals surface area contributed by atoms with E-state index in [2.05, 4.69) is 19.9 Å². The van der Waals surface area contributed by atoms with Crippen molar-refractivity contribution in [2.45, 2.75) is 13.5 Å². The van der Waals surface area contributed by atoms with Gasteiger partial charge in [0.1, 0.15) is 10.8 Å². The van der Waals surface area contributed by atoms with E-state index in [1.165, 1.54) is 6.92 Å². The number of nitrogens with one attached hydrogen (secondary N) is 1. The molecule has 1 aromatic carbocycles. The topological polar surface area (TPSA) is 59.8 Å². The summed E-state index contributed by atoms with van der Waals surface area (Å²) >= 11 is 1.63. The number of benzene rings is 1. The SMILES string of the molecule is CC(=O)Nc1ccc(-c2nccn2Cc2nccs2)cc1. The molecule has 0 unspecified atom stereocenters. The summed E-state index contributed by atoms with van der Waals surface area (Å²) in [5.41, 5.74) is 1.79. The largest absolute Gasteiger partial charge is 0.326 e. The lowest BCUT2D eigenvalue weighted by Gasteiger charge is -2.07. The van der Waals surface area contributed by atoms with E-state index < -0.39 is 0 Å². The predicted molar refractivity (Wildman–Crippen MR) is 83.2 cm³/mol. The number of imidazole rings is 1. The molecule has 0 atom stereocenters. The summed E-state index contributed by atoms with van der Waals surface area (Å²) in [4.78, 5) is 19.7. The average molecular weight is 298 g/mol. The van der Waals surface area contributed by atoms with Crippen molar-refractivity contribution >= 4 is 22.9 Å². The standard InChI is InChI=1S/C15H14N4OS/c1-11(20)18-13-4-2-12(3-5-13)15-17-6-8-19(15)10-14-16-7-9-21-14/h2-9H,10H2,1H3,(H,18,20). The zero-order chi connectivity index (χ0) is 14.7. The lowest BCUT2D eigenvalue weighted by atomic mass is 10.2. The van der Waals surface area contributed by atoms with Gasteiger partial charge in [0.2, 0.25) is 5.91 Å². The number of aromatic nitrogens is 3. The van der Waals surface area contributed by atoms with Gasteiger partial charge in [0.15, 0.2) is 0 Å². The van der Waals surface area contributed by atoms with Gasteiger partial charge in [-0.15, -0.1) is 11.3 Å². The number of hydrogen-bond donors (Lipinski definition) is 1. The Morgan fingerprint density at radius 2 is 2.05 bits per heavy atom. The van der Waals surface area contributed by atoms with Crippen LogP contribution in [0.15, 0.2) is 48.2 Å². The van der Waals surface area contributed by atoms with E-state index in [1.807, 2.05) is 35.8 Å². The Bertz CT molecular complexity index is 731. The third-order valence-electron chi connectivity index (χ3n) is 2.97. The van der Waals surface area contributed by atoms with Crippen LogP contribution in [0.1, 0.15) is 11.9 Å². The molecule has 0 spiro atoms. The van der Waals surface area contributed by atoms with Gasteiger partial charge in [-0.05, 0) is 24.3 Å². The molecule has 0 fully saturated rings. The summed E-state index contributed by atoms with van der Waals surface area (Å²) in [6.45, 7) is 2.20. The summed E-state index contributed by atoms with van der Waals surface area (Å²) in [5, 5.41) is 5.77. The van der Waals surface area contributed by atoms with Crippen LogP contribution in [-0.4, -0.2) is 20.4 Å². The summed E-state index contributed by atoms with van der Waals surface area (Å²) in [7, 11) is 0. The second-order valence-electron chi connectivity index (χ2n) is 4.56. The van der Waals surface area contributed by atoms with Crippen molar-refractivity contribution in [2.24, 2.45) is 0 Å². The van der Waals surface area contributed by atoms with Gasteiger partial charge in [-0.2, -0.15) is 0 Å². The van der Waals surface area contributed by atoms with Crippen molar-refractivity contribution in [1.29, 1.82) is 0 Å². The monoisotopic (exact) mass is 298 g/mol. The highest BCUT2D eigenvalue weighted by molar-refractivity contribution is 7.09. The molecule has 3 rings (SSSR count). The number of thiazole rings is 1. The molecule has 0 saturated carbocycles. The maximum atomic E-state index is 11.0. The number of hydrogen-bond acceptors (Lipinski definition) is 4. The molecule has 0 aliphatic rings. The van der Waals surface area contributed by atoms with Crippen molar-refractivity contribution in [2.75, 3.05) is 5.32 Å². The van der Waals surface area contributed by atoms with E-state index in [9.17, 15) is 4.79 Å². The zero-order valence-electron chi connectivity index (χ0n) is 11.5. The Kier molecular flexibility index (Phi) is 3.79. The lowest BCUT2D eigenvalue weighted by Crippen LogP contribution is -2.05. The Balaban J connectivity index is 1.84. The second kappa shape index (κ2) is 5.88. The fourth-order valence-corrected chi connectivity index (χ4v) is 2.69. The van der Waals surface area contributed by atoms with Gasteiger partial charge in [-0.25, -0.2) is 9.97 Å². The molecule has 1 amide bonds. The normalized spacial score (nSPS) is 10.5. The Labute approximate surface area is 126 Å². The second-order valence-corrected chi connectivity index (χ2v) is 5.54. The highest BCUT2D eigenvalue weighted by Gasteiger charge is 2.07. The molecule has 3 aromatic rings. The quantitative estimate of drug-likeness (QED) is 0.805. The van der Waals surface area contributed by atoms with Gasteiger partial charge in [-0.3, -0.25) is 4.79 Å². The molecule has 0 radical (unpaired) electrons. The van der Waals surface area contributed by atoms with Crippen molar-refractivity contribution < 1.29 is 4.79 Å². The molecule has 0 aliphatic heterocycles. The summed E-state index contributed by atoms with van der Waals surface area (Å²) in [5.74, 6) is 0.813. The molecule has 0 aliphatic carbocycles. The van der Waals surface area contributed by atoms with E-state index in [1.54, 1.807) is 23.7 Å². The molecule has 6 heteroatoms. The van der Waals surface area contributed by atoms with Crippen LogP contribution in [0, 0.1) is 0 Å². The fraction of sp³-hybridized carbons (Fsp3) is 0.133. The van der Waals surface area contributed by atoms with Gasteiger partial charge in [0.05, 0.1) is 6.54 Å². The van der Waals surface area contributed by atoms with E-state index in [0.29, 0.717) is 6.54 Å². The molecule has 2 heterocycles. The number of carbonyl (C=O) groups excluding carboxylic acids is 1. The molecule has 0 bridgehead atoms. The van der Waals surface area contributed by atoms with Crippen LogP contribution in [0.4, 0.5) is 5.69 Å². The van der Waals surface area contributed by atoms with Crippen LogP contribution < -0.4 is 5.32 Å². The van der Waals surface area contributed by atoms with Crippen molar-refractivity contribution in [3.05, 3.63) is 53.2 Å². The minimum absolute atomic E-state index is 0.0759. The van der Waals surface area contributed by atoms with Gasteiger partial charge in [-0.1, -0.05) is 0 Å². The third kappa shape index (κ3) is 3.17. The highest BCUT2D eigenvalue weighted by atomic mass is 32.1. The van der Waals surface area contributed by atoms with E-state index in [0.717, 1.165) is 22.1 Å².